The average Bonchev–Trinajstić information content (AvgIpc) is 3.38. The number of nitrogens with zero attached hydrogens (tertiary/aromatic N) is 2. The van der Waals surface area contributed by atoms with Crippen molar-refractivity contribution in [1.82, 2.24) is 4.98 Å². The number of carbonyl (C=O) groups is 1. The van der Waals surface area contributed by atoms with Gasteiger partial charge >= 0.3 is 12.1 Å². The maximum atomic E-state index is 14.4. The fourth-order valence-electron chi connectivity index (χ4n) is 4.04. The smallest absolute Gasteiger partial charge is 0.416 e. The van der Waals surface area contributed by atoms with Crippen molar-refractivity contribution in [3.8, 4) is 17.3 Å². The predicted octanol–water partition coefficient (Wildman–Crippen LogP) is 8.28. The van der Waals surface area contributed by atoms with Crippen LogP contribution in [0.15, 0.2) is 53.4 Å². The minimum atomic E-state index is -4.66. The monoisotopic (exact) mass is 578 g/mol. The first kappa shape index (κ1) is 30.9. The molecule has 0 N–H and O–H groups in total. The van der Waals surface area contributed by atoms with Crippen LogP contribution in [0.3, 0.4) is 0 Å². The number of halogens is 5. The summed E-state index contributed by atoms with van der Waals surface area (Å²) in [5.74, 6) is -3.19. The van der Waals surface area contributed by atoms with Gasteiger partial charge in [-0.15, -0.1) is 11.3 Å². The molecule has 0 aliphatic carbocycles. The van der Waals surface area contributed by atoms with E-state index < -0.39 is 41.6 Å². The van der Waals surface area contributed by atoms with Crippen molar-refractivity contribution in [3.63, 3.8) is 0 Å². The Labute approximate surface area is 232 Å². The lowest BCUT2D eigenvalue weighted by atomic mass is 9.87. The number of unbranched alkanes of at least 4 members (excludes halogenated alkanes) is 1. The van der Waals surface area contributed by atoms with Gasteiger partial charge in [0.25, 0.3) is 0 Å². The van der Waals surface area contributed by atoms with Crippen LogP contribution in [0.1, 0.15) is 62.1 Å². The predicted molar refractivity (Wildman–Crippen MR) is 141 cm³/mol. The van der Waals surface area contributed by atoms with Gasteiger partial charge < -0.3 is 9.47 Å². The third-order valence-corrected chi connectivity index (χ3v) is 6.99. The second-order valence-electron chi connectivity index (χ2n) is 8.93. The molecule has 0 aliphatic rings. The third kappa shape index (κ3) is 7.52. The van der Waals surface area contributed by atoms with E-state index in [1.807, 2.05) is 13.0 Å². The number of thiazole rings is 1. The SMILES string of the molecule is CCCCC(=O)OC(C)OC/C(=C(/C#N)c1nc(-c2c(F)cccc2F)cs1)[C@H](C)c1ccccc1C(F)(F)F. The van der Waals surface area contributed by atoms with Gasteiger partial charge in [0.05, 0.1) is 29.0 Å². The van der Waals surface area contributed by atoms with Crippen LogP contribution in [0, 0.1) is 23.0 Å². The quantitative estimate of drug-likeness (QED) is 0.0991. The molecule has 212 valence electrons. The van der Waals surface area contributed by atoms with Crippen molar-refractivity contribution in [3.05, 3.63) is 81.2 Å². The van der Waals surface area contributed by atoms with Gasteiger partial charge in [-0.1, -0.05) is 44.5 Å². The van der Waals surface area contributed by atoms with Crippen LogP contribution in [0.5, 0.6) is 0 Å². The summed E-state index contributed by atoms with van der Waals surface area (Å²) in [5, 5.41) is 11.5. The van der Waals surface area contributed by atoms with Crippen LogP contribution in [0.25, 0.3) is 16.8 Å². The second-order valence-corrected chi connectivity index (χ2v) is 9.78. The highest BCUT2D eigenvalue weighted by atomic mass is 32.1. The lowest BCUT2D eigenvalue weighted by Crippen LogP contribution is -2.21. The highest BCUT2D eigenvalue weighted by Crippen LogP contribution is 2.40. The van der Waals surface area contributed by atoms with Crippen LogP contribution in [-0.2, 0) is 20.4 Å². The number of allylic oxidation sites excluding steroid dienone is 1. The first-order valence-corrected chi connectivity index (χ1v) is 13.4. The number of hydrogen-bond acceptors (Lipinski definition) is 6. The van der Waals surface area contributed by atoms with E-state index in [1.54, 1.807) is 0 Å². The molecule has 5 nitrogen and oxygen atoms in total. The molecule has 3 aromatic rings. The highest BCUT2D eigenvalue weighted by molar-refractivity contribution is 7.11. The van der Waals surface area contributed by atoms with Gasteiger partial charge in [0.2, 0.25) is 0 Å². The van der Waals surface area contributed by atoms with Gasteiger partial charge in [-0.3, -0.25) is 4.79 Å². The van der Waals surface area contributed by atoms with Crippen molar-refractivity contribution in [2.24, 2.45) is 0 Å². The normalized spacial score (nSPS) is 13.8. The van der Waals surface area contributed by atoms with E-state index in [4.69, 9.17) is 9.47 Å². The van der Waals surface area contributed by atoms with Crippen LogP contribution in [-0.4, -0.2) is 23.9 Å². The number of ether oxygens (including phenoxy) is 2. The van der Waals surface area contributed by atoms with Crippen molar-refractivity contribution >= 4 is 22.9 Å². The van der Waals surface area contributed by atoms with Crippen molar-refractivity contribution in [2.75, 3.05) is 6.61 Å². The van der Waals surface area contributed by atoms with E-state index in [9.17, 15) is 32.0 Å². The number of rotatable bonds is 11. The number of hydrogen-bond donors (Lipinski definition) is 0. The molecule has 0 saturated heterocycles. The molecule has 1 aromatic heterocycles. The molecule has 0 amide bonds. The van der Waals surface area contributed by atoms with Gasteiger partial charge in [-0.2, -0.15) is 18.4 Å². The van der Waals surface area contributed by atoms with E-state index in [0.29, 0.717) is 6.42 Å². The molecule has 0 bridgehead atoms. The lowest BCUT2D eigenvalue weighted by Gasteiger charge is -2.23. The molecule has 2 aromatic carbocycles. The lowest BCUT2D eigenvalue weighted by molar-refractivity contribution is -0.173. The minimum absolute atomic E-state index is 0.0442. The van der Waals surface area contributed by atoms with E-state index in [2.05, 4.69) is 4.98 Å². The molecule has 0 fully saturated rings. The standard InChI is InChI=1S/C29H27F5N2O3S/c1-4-5-13-26(37)39-18(3)38-15-21(17(2)19-9-6-7-10-22(19)29(32,33)34)20(14-35)28-36-25(16-40-28)27-23(30)11-8-12-24(27)31/h6-12,16-18H,4-5,13,15H2,1-3H3/b21-20+/t17-,18?/m1/s1. The van der Waals surface area contributed by atoms with Gasteiger partial charge in [0.1, 0.15) is 22.7 Å². The van der Waals surface area contributed by atoms with E-state index >= 15 is 0 Å². The molecule has 3 rings (SSSR count). The molecule has 11 heteroatoms. The summed E-state index contributed by atoms with van der Waals surface area (Å²) in [4.78, 5) is 16.3. The first-order valence-electron chi connectivity index (χ1n) is 12.5. The Morgan fingerprint density at radius 2 is 1.77 bits per heavy atom. The summed E-state index contributed by atoms with van der Waals surface area (Å²) in [7, 11) is 0. The van der Waals surface area contributed by atoms with E-state index in [-0.39, 0.29) is 46.0 Å². The summed E-state index contributed by atoms with van der Waals surface area (Å²) in [6.07, 6.45) is -4.13. The maximum Gasteiger partial charge on any atom is 0.416 e. The summed E-state index contributed by atoms with van der Waals surface area (Å²) in [5.41, 5.74) is -1.42. The minimum Gasteiger partial charge on any atom is -0.436 e. The molecule has 0 radical (unpaired) electrons. The van der Waals surface area contributed by atoms with Crippen molar-refractivity contribution < 1.29 is 36.2 Å². The second kappa shape index (κ2) is 13.6. The zero-order valence-corrected chi connectivity index (χ0v) is 22.8. The van der Waals surface area contributed by atoms with Crippen molar-refractivity contribution in [1.29, 1.82) is 5.26 Å². The van der Waals surface area contributed by atoms with Gasteiger partial charge in [0, 0.05) is 17.7 Å². The van der Waals surface area contributed by atoms with Gasteiger partial charge in [-0.05, 0) is 42.7 Å². The zero-order chi connectivity index (χ0) is 29.4. The third-order valence-electron chi connectivity index (χ3n) is 6.13. The molecular weight excluding hydrogens is 551 g/mol. The summed E-state index contributed by atoms with van der Waals surface area (Å²) < 4.78 is 81.2. The fourth-order valence-corrected chi connectivity index (χ4v) is 4.88. The maximum absolute atomic E-state index is 14.4. The van der Waals surface area contributed by atoms with Crippen LogP contribution in [0.2, 0.25) is 0 Å². The molecule has 1 heterocycles. The van der Waals surface area contributed by atoms with Gasteiger partial charge in [-0.25, -0.2) is 13.8 Å². The molecule has 40 heavy (non-hydrogen) atoms. The molecule has 2 atom stereocenters. The highest BCUT2D eigenvalue weighted by Gasteiger charge is 2.35. The Balaban J connectivity index is 2.06. The van der Waals surface area contributed by atoms with Crippen LogP contribution >= 0.6 is 11.3 Å². The number of carbonyl (C=O) groups excluding carboxylic acids is 1. The van der Waals surface area contributed by atoms with E-state index in [1.165, 1.54) is 43.5 Å². The van der Waals surface area contributed by atoms with Crippen LogP contribution in [0.4, 0.5) is 22.0 Å². The topological polar surface area (TPSA) is 72.2 Å². The van der Waals surface area contributed by atoms with E-state index in [0.717, 1.165) is 36.0 Å². The molecular formula is C29H27F5N2O3S. The Morgan fingerprint density at radius 1 is 1.10 bits per heavy atom. The molecule has 0 spiro atoms. The first-order chi connectivity index (χ1) is 19.0. The molecule has 0 saturated carbocycles. The number of alkyl halides is 3. The number of esters is 1. The van der Waals surface area contributed by atoms with Crippen molar-refractivity contribution in [2.45, 2.75) is 58.4 Å². The number of aromatic nitrogens is 1. The molecule has 1 unspecified atom stereocenters. The Bertz CT molecular complexity index is 1390. The Hall–Kier alpha value is -3.62. The summed E-state index contributed by atoms with van der Waals surface area (Å²) in [6.45, 7) is 4.49. The number of benzene rings is 2. The number of nitriles is 1. The molecule has 0 aliphatic heterocycles. The summed E-state index contributed by atoms with van der Waals surface area (Å²) >= 11 is 0.911. The van der Waals surface area contributed by atoms with Gasteiger partial charge in [0.15, 0.2) is 6.29 Å². The Kier molecular flexibility index (Phi) is 10.5. The zero-order valence-electron chi connectivity index (χ0n) is 22.0. The largest absolute Gasteiger partial charge is 0.436 e. The van der Waals surface area contributed by atoms with Crippen LogP contribution < -0.4 is 0 Å². The Morgan fingerprint density at radius 3 is 2.40 bits per heavy atom. The average molecular weight is 579 g/mol. The summed E-state index contributed by atoms with van der Waals surface area (Å²) in [6, 6.07) is 10.3. The fraction of sp³-hybridized carbons (Fsp3) is 0.345.